The molecule has 0 amide bonds. The molecule has 1 saturated heterocycles. The van der Waals surface area contributed by atoms with E-state index in [1.54, 1.807) is 22.6 Å². The molecule has 1 unspecified atom stereocenters. The van der Waals surface area contributed by atoms with Crippen LogP contribution >= 0.6 is 38.2 Å². The van der Waals surface area contributed by atoms with Crippen LogP contribution in [0.25, 0.3) is 0 Å². The van der Waals surface area contributed by atoms with Crippen molar-refractivity contribution < 1.29 is 47.6 Å². The largest absolute Gasteiger partial charge is 0.481 e. The zero-order chi connectivity index (χ0) is 19.9. The first-order valence-corrected chi connectivity index (χ1v) is 10.7. The second-order valence-corrected chi connectivity index (χ2v) is 9.02. The zero-order valence-corrected chi connectivity index (χ0v) is 19.4. The fraction of sp³-hybridized carbons (Fsp3) is 0.556. The number of ether oxygens (including phenoxy) is 1. The van der Waals surface area contributed by atoms with Gasteiger partial charge in [-0.25, -0.2) is 13.9 Å². The predicted molar refractivity (Wildman–Crippen MR) is 94.6 cm³/mol. The number of halogens is 1. The van der Waals surface area contributed by atoms with Crippen LogP contribution < -0.4 is 11.2 Å². The Kier molecular flexibility index (Phi) is 9.07. The summed E-state index contributed by atoms with van der Waals surface area (Å²) in [6.45, 7) is -0.905. The Morgan fingerprint density at radius 1 is 1.22 bits per heavy atom. The summed E-state index contributed by atoms with van der Waals surface area (Å²) < 4.78 is 35.9. The molecule has 5 atom stereocenters. The average molecular weight is 553 g/mol. The van der Waals surface area contributed by atoms with Crippen molar-refractivity contribution in [3.05, 3.63) is 30.6 Å². The van der Waals surface area contributed by atoms with E-state index in [2.05, 4.69) is 8.83 Å². The van der Waals surface area contributed by atoms with E-state index in [4.69, 9.17) is 14.5 Å². The summed E-state index contributed by atoms with van der Waals surface area (Å²) in [5.41, 5.74) is -1.61. The maximum absolute atomic E-state index is 11.8. The summed E-state index contributed by atoms with van der Waals surface area (Å²) in [6.07, 6.45) is -5.21. The van der Waals surface area contributed by atoms with E-state index in [0.717, 1.165) is 10.8 Å². The van der Waals surface area contributed by atoms with E-state index >= 15 is 0 Å². The third kappa shape index (κ3) is 6.79. The van der Waals surface area contributed by atoms with Crippen molar-refractivity contribution in [3.8, 4) is 0 Å². The number of aliphatic hydroxyl groups excluding tert-OH is 2. The second kappa shape index (κ2) is 9.57. The van der Waals surface area contributed by atoms with E-state index in [-0.39, 0.29) is 33.1 Å². The van der Waals surface area contributed by atoms with Gasteiger partial charge in [0.05, 0.1) is 10.2 Å². The van der Waals surface area contributed by atoms with Crippen molar-refractivity contribution >= 4 is 67.8 Å². The van der Waals surface area contributed by atoms with Gasteiger partial charge in [0.15, 0.2) is 6.23 Å². The van der Waals surface area contributed by atoms with E-state index in [1.807, 2.05) is 4.98 Å². The number of aromatic amines is 1. The summed E-state index contributed by atoms with van der Waals surface area (Å²) in [4.78, 5) is 51.3. The molecule has 0 bridgehead atoms. The Hall–Kier alpha value is 0.550. The molecule has 0 aromatic carbocycles. The van der Waals surface area contributed by atoms with Gasteiger partial charge in [0.25, 0.3) is 5.56 Å². The summed E-state index contributed by atoms with van der Waals surface area (Å²) in [7, 11) is -10.5. The monoisotopic (exact) mass is 553 g/mol. The van der Waals surface area contributed by atoms with Gasteiger partial charge in [-0.1, -0.05) is 0 Å². The van der Waals surface area contributed by atoms with Crippen LogP contribution in [0.5, 0.6) is 0 Å². The Labute approximate surface area is 185 Å². The van der Waals surface area contributed by atoms with Gasteiger partial charge >= 0.3 is 21.3 Å². The number of H-pyrrole nitrogens is 1. The molecule has 0 aliphatic carbocycles. The normalized spacial score (nSPS) is 27.8. The van der Waals surface area contributed by atoms with Gasteiger partial charge in [0.1, 0.15) is 18.3 Å². The minimum Gasteiger partial charge on any atom is -0.387 e. The van der Waals surface area contributed by atoms with Crippen LogP contribution in [0.15, 0.2) is 15.8 Å². The maximum atomic E-state index is 11.8. The first-order valence-electron chi connectivity index (χ1n) is 6.57. The molecule has 14 nitrogen and oxygen atoms in total. The number of nitrogens with zero attached hydrogens (tertiary/aromatic N) is 1. The Morgan fingerprint density at radius 3 is 2.37 bits per heavy atom. The standard InChI is InChI=1S/C9H13IN2O12P2.Na/c10-3-1-12(9(16)11-7(3)15)8-6(14)5(13)4(23-8)2-22-26(20,21)24-25(17,18)19;/h1,4-6,8,13-14H,2H2,(H,20,21)(H,11,15,16)(H2,17,18,19);/t4-,5-,6-,8-;/m1./s1. The van der Waals surface area contributed by atoms with Crippen molar-refractivity contribution in [1.29, 1.82) is 0 Å². The van der Waals surface area contributed by atoms with Crippen LogP contribution in [-0.4, -0.2) is 88.9 Å². The minimum atomic E-state index is -5.32. The Morgan fingerprint density at radius 2 is 1.81 bits per heavy atom. The number of hydrogen-bond acceptors (Lipinski definition) is 9. The average Bonchev–Trinajstić information content (AvgIpc) is 2.75. The Bertz CT molecular complexity index is 884. The van der Waals surface area contributed by atoms with Gasteiger partial charge in [-0.2, -0.15) is 4.31 Å². The molecule has 1 aliphatic rings. The SMILES string of the molecule is O=c1[nH]c(=O)n([C@@H]2O[C@H](COP(=O)(O)OP(=O)(O)O)[C@@H](O)[C@H]2O)cc1I.[Na]. The molecule has 18 heteroatoms. The van der Waals surface area contributed by atoms with Gasteiger partial charge in [0, 0.05) is 35.8 Å². The van der Waals surface area contributed by atoms with E-state index < -0.39 is 58.0 Å². The summed E-state index contributed by atoms with van der Waals surface area (Å²) >= 11 is 1.62. The van der Waals surface area contributed by atoms with Crippen LogP contribution in [-0.2, 0) is 22.7 Å². The van der Waals surface area contributed by atoms with Crippen molar-refractivity contribution in [1.82, 2.24) is 9.55 Å². The van der Waals surface area contributed by atoms with Crippen molar-refractivity contribution in [2.75, 3.05) is 6.61 Å². The molecule has 2 rings (SSSR count). The van der Waals surface area contributed by atoms with Gasteiger partial charge in [-0.15, -0.1) is 0 Å². The molecule has 2 heterocycles. The zero-order valence-electron chi connectivity index (χ0n) is 13.4. The summed E-state index contributed by atoms with van der Waals surface area (Å²) in [5.74, 6) is 0. The van der Waals surface area contributed by atoms with E-state index in [0.29, 0.717) is 0 Å². The topological polar surface area (TPSA) is 218 Å². The fourth-order valence-electron chi connectivity index (χ4n) is 2.07. The smallest absolute Gasteiger partial charge is 0.387 e. The number of aromatic nitrogens is 2. The molecule has 1 aromatic rings. The van der Waals surface area contributed by atoms with Crippen molar-refractivity contribution in [2.45, 2.75) is 24.5 Å². The van der Waals surface area contributed by atoms with Gasteiger partial charge < -0.3 is 29.6 Å². The van der Waals surface area contributed by atoms with Crippen molar-refractivity contribution in [2.24, 2.45) is 0 Å². The molecule has 1 aliphatic heterocycles. The number of nitrogens with one attached hydrogen (secondary N) is 1. The molecule has 0 saturated carbocycles. The minimum absolute atomic E-state index is 0. The third-order valence-electron chi connectivity index (χ3n) is 3.15. The molecular weight excluding hydrogens is 540 g/mol. The van der Waals surface area contributed by atoms with Gasteiger partial charge in [-0.05, 0) is 22.6 Å². The van der Waals surface area contributed by atoms with E-state index in [9.17, 15) is 33.8 Å². The molecule has 27 heavy (non-hydrogen) atoms. The van der Waals surface area contributed by atoms with Crippen molar-refractivity contribution in [3.63, 3.8) is 0 Å². The van der Waals surface area contributed by atoms with Crippen LogP contribution in [0.4, 0.5) is 0 Å². The van der Waals surface area contributed by atoms with Gasteiger partial charge in [0.2, 0.25) is 0 Å². The first kappa shape index (κ1) is 25.6. The molecule has 0 spiro atoms. The molecule has 6 N–H and O–H groups in total. The molecular formula is C9H13IN2NaO12P2. The number of rotatable bonds is 6. The molecule has 1 aromatic heterocycles. The van der Waals surface area contributed by atoms with Crippen LogP contribution in [0, 0.1) is 3.57 Å². The van der Waals surface area contributed by atoms with Crippen LogP contribution in [0.3, 0.4) is 0 Å². The third-order valence-corrected chi connectivity index (χ3v) is 6.07. The van der Waals surface area contributed by atoms with Gasteiger partial charge in [-0.3, -0.25) is 18.9 Å². The number of phosphoric acid groups is 2. The molecule has 1 fully saturated rings. The number of phosphoric ester groups is 1. The first-order chi connectivity index (χ1) is 11.8. The fourth-order valence-corrected chi connectivity index (χ4v) is 4.11. The molecule has 149 valence electrons. The summed E-state index contributed by atoms with van der Waals surface area (Å²) in [6, 6.07) is 0. The number of aliphatic hydroxyl groups is 2. The Balaban J connectivity index is 0.00000364. The second-order valence-electron chi connectivity index (χ2n) is 5.03. The molecule has 1 radical (unpaired) electrons. The quantitative estimate of drug-likeness (QED) is 0.124. The van der Waals surface area contributed by atoms with E-state index in [1.165, 1.54) is 0 Å². The maximum Gasteiger partial charge on any atom is 0.481 e. The number of hydrogen-bond donors (Lipinski definition) is 6. The summed E-state index contributed by atoms with van der Waals surface area (Å²) in [5, 5.41) is 19.9. The predicted octanol–water partition coefficient (Wildman–Crippen LogP) is -2.39. The van der Waals surface area contributed by atoms with Crippen LogP contribution in [0.1, 0.15) is 6.23 Å². The van der Waals surface area contributed by atoms with Crippen LogP contribution in [0.2, 0.25) is 0 Å².